The highest BCUT2D eigenvalue weighted by molar-refractivity contribution is 5.94. The number of anilines is 1. The lowest BCUT2D eigenvalue weighted by Gasteiger charge is -2.09. The Bertz CT molecular complexity index is 450. The van der Waals surface area contributed by atoms with E-state index in [0.29, 0.717) is 18.3 Å². The SMILES string of the molecule is CC(C)CC(=O)NCC(=O)Nc1ccc(C(C)C)cc1. The Kier molecular flexibility index (Phi) is 6.22. The monoisotopic (exact) mass is 276 g/mol. The molecule has 0 spiro atoms. The number of carbonyl (C=O) groups excluding carboxylic acids is 2. The lowest BCUT2D eigenvalue weighted by atomic mass is 10.0. The molecule has 0 atom stereocenters. The molecule has 1 rings (SSSR count). The normalized spacial score (nSPS) is 10.7. The molecule has 1 aromatic carbocycles. The fourth-order valence-corrected chi connectivity index (χ4v) is 1.78. The van der Waals surface area contributed by atoms with Crippen LogP contribution in [0.15, 0.2) is 24.3 Å². The zero-order valence-electron chi connectivity index (χ0n) is 12.7. The number of carbonyl (C=O) groups is 2. The number of benzene rings is 1. The largest absolute Gasteiger partial charge is 0.347 e. The molecule has 2 N–H and O–H groups in total. The Morgan fingerprint density at radius 2 is 1.60 bits per heavy atom. The van der Waals surface area contributed by atoms with E-state index in [1.54, 1.807) is 0 Å². The second kappa shape index (κ2) is 7.68. The van der Waals surface area contributed by atoms with Gasteiger partial charge in [0.25, 0.3) is 0 Å². The van der Waals surface area contributed by atoms with Gasteiger partial charge in [-0.2, -0.15) is 0 Å². The third-order valence-corrected chi connectivity index (χ3v) is 2.90. The summed E-state index contributed by atoms with van der Waals surface area (Å²) in [5, 5.41) is 5.38. The van der Waals surface area contributed by atoms with Crippen LogP contribution in [0.1, 0.15) is 45.6 Å². The molecule has 0 heterocycles. The van der Waals surface area contributed by atoms with Crippen LogP contribution in [0.3, 0.4) is 0 Å². The Morgan fingerprint density at radius 1 is 1.00 bits per heavy atom. The first-order valence-electron chi connectivity index (χ1n) is 7.05. The minimum atomic E-state index is -0.209. The van der Waals surface area contributed by atoms with Crippen molar-refractivity contribution in [2.45, 2.75) is 40.0 Å². The van der Waals surface area contributed by atoms with Gasteiger partial charge in [0, 0.05) is 12.1 Å². The van der Waals surface area contributed by atoms with Crippen molar-refractivity contribution in [2.24, 2.45) is 5.92 Å². The lowest BCUT2D eigenvalue weighted by Crippen LogP contribution is -2.33. The van der Waals surface area contributed by atoms with E-state index in [1.165, 1.54) is 5.56 Å². The van der Waals surface area contributed by atoms with E-state index in [9.17, 15) is 9.59 Å². The summed E-state index contributed by atoms with van der Waals surface area (Å²) in [6.45, 7) is 8.19. The van der Waals surface area contributed by atoms with Gasteiger partial charge in [0.15, 0.2) is 0 Å². The van der Waals surface area contributed by atoms with Crippen molar-refractivity contribution in [1.82, 2.24) is 5.32 Å². The maximum absolute atomic E-state index is 11.7. The van der Waals surface area contributed by atoms with Gasteiger partial charge in [0.2, 0.25) is 11.8 Å². The van der Waals surface area contributed by atoms with Gasteiger partial charge in [-0.3, -0.25) is 9.59 Å². The summed E-state index contributed by atoms with van der Waals surface area (Å²) in [6, 6.07) is 7.75. The molecule has 0 radical (unpaired) electrons. The minimum absolute atomic E-state index is 0.0114. The summed E-state index contributed by atoms with van der Waals surface area (Å²) in [6.07, 6.45) is 0.441. The van der Waals surface area contributed by atoms with Gasteiger partial charge in [-0.25, -0.2) is 0 Å². The third-order valence-electron chi connectivity index (χ3n) is 2.90. The predicted molar refractivity (Wildman–Crippen MR) is 81.6 cm³/mol. The van der Waals surface area contributed by atoms with E-state index >= 15 is 0 Å². The second-order valence-electron chi connectivity index (χ2n) is 5.70. The van der Waals surface area contributed by atoms with E-state index in [-0.39, 0.29) is 18.4 Å². The molecule has 4 heteroatoms. The zero-order chi connectivity index (χ0) is 15.1. The molecular formula is C16H24N2O2. The Balaban J connectivity index is 2.40. The summed E-state index contributed by atoms with van der Waals surface area (Å²) in [5.41, 5.74) is 1.98. The van der Waals surface area contributed by atoms with Crippen molar-refractivity contribution in [3.8, 4) is 0 Å². The van der Waals surface area contributed by atoms with Crippen molar-refractivity contribution in [3.63, 3.8) is 0 Å². The molecule has 2 amide bonds. The molecule has 0 aliphatic heterocycles. The van der Waals surface area contributed by atoms with E-state index in [2.05, 4.69) is 24.5 Å². The van der Waals surface area contributed by atoms with Gasteiger partial charge in [-0.05, 0) is 29.5 Å². The average Bonchev–Trinajstić information content (AvgIpc) is 2.36. The van der Waals surface area contributed by atoms with E-state index in [0.717, 1.165) is 5.69 Å². The highest BCUT2D eigenvalue weighted by Crippen LogP contribution is 2.16. The molecule has 0 aliphatic rings. The summed E-state index contributed by atoms with van der Waals surface area (Å²) >= 11 is 0. The van der Waals surface area contributed by atoms with E-state index in [4.69, 9.17) is 0 Å². The average molecular weight is 276 g/mol. The Hall–Kier alpha value is -1.84. The zero-order valence-corrected chi connectivity index (χ0v) is 12.7. The smallest absolute Gasteiger partial charge is 0.243 e. The van der Waals surface area contributed by atoms with Gasteiger partial charge in [-0.1, -0.05) is 39.8 Å². The van der Waals surface area contributed by atoms with Crippen LogP contribution < -0.4 is 10.6 Å². The maximum atomic E-state index is 11.7. The van der Waals surface area contributed by atoms with Gasteiger partial charge in [0.05, 0.1) is 6.54 Å². The second-order valence-corrected chi connectivity index (χ2v) is 5.70. The van der Waals surface area contributed by atoms with Gasteiger partial charge in [-0.15, -0.1) is 0 Å². The molecule has 0 saturated heterocycles. The van der Waals surface area contributed by atoms with Crippen LogP contribution in [-0.2, 0) is 9.59 Å². The van der Waals surface area contributed by atoms with Crippen molar-refractivity contribution in [3.05, 3.63) is 29.8 Å². The molecule has 0 bridgehead atoms. The third kappa shape index (κ3) is 5.87. The molecule has 1 aromatic rings. The quantitative estimate of drug-likeness (QED) is 0.839. The predicted octanol–water partition coefficient (Wildman–Crippen LogP) is 2.91. The first-order chi connectivity index (χ1) is 9.38. The molecule has 110 valence electrons. The van der Waals surface area contributed by atoms with Crippen LogP contribution in [0.2, 0.25) is 0 Å². The molecular weight excluding hydrogens is 252 g/mol. The van der Waals surface area contributed by atoms with Crippen LogP contribution in [0, 0.1) is 5.92 Å². The fraction of sp³-hybridized carbons (Fsp3) is 0.500. The number of hydrogen-bond donors (Lipinski definition) is 2. The van der Waals surface area contributed by atoms with Crippen molar-refractivity contribution < 1.29 is 9.59 Å². The minimum Gasteiger partial charge on any atom is -0.347 e. The van der Waals surface area contributed by atoms with Gasteiger partial charge < -0.3 is 10.6 Å². The molecule has 20 heavy (non-hydrogen) atoms. The first kappa shape index (κ1) is 16.2. The lowest BCUT2D eigenvalue weighted by molar-refractivity contribution is -0.124. The van der Waals surface area contributed by atoms with Crippen molar-refractivity contribution in [2.75, 3.05) is 11.9 Å². The van der Waals surface area contributed by atoms with Crippen LogP contribution >= 0.6 is 0 Å². The summed E-state index contributed by atoms with van der Waals surface area (Å²) in [7, 11) is 0. The number of amides is 2. The van der Waals surface area contributed by atoms with E-state index < -0.39 is 0 Å². The number of nitrogens with one attached hydrogen (secondary N) is 2. The van der Waals surface area contributed by atoms with Crippen molar-refractivity contribution in [1.29, 1.82) is 0 Å². The summed E-state index contributed by atoms with van der Waals surface area (Å²) in [4.78, 5) is 23.1. The highest BCUT2D eigenvalue weighted by atomic mass is 16.2. The Labute approximate surface area is 121 Å². The van der Waals surface area contributed by atoms with Crippen molar-refractivity contribution >= 4 is 17.5 Å². The number of hydrogen-bond acceptors (Lipinski definition) is 2. The summed E-state index contributed by atoms with van der Waals surface area (Å²) < 4.78 is 0. The van der Waals surface area contributed by atoms with Crippen LogP contribution in [-0.4, -0.2) is 18.4 Å². The Morgan fingerprint density at radius 3 is 2.10 bits per heavy atom. The maximum Gasteiger partial charge on any atom is 0.243 e. The molecule has 4 nitrogen and oxygen atoms in total. The topological polar surface area (TPSA) is 58.2 Å². The molecule has 0 fully saturated rings. The van der Waals surface area contributed by atoms with Gasteiger partial charge >= 0.3 is 0 Å². The molecule has 0 saturated carbocycles. The molecule has 0 unspecified atom stereocenters. The fourth-order valence-electron chi connectivity index (χ4n) is 1.78. The highest BCUT2D eigenvalue weighted by Gasteiger charge is 2.08. The number of rotatable bonds is 6. The molecule has 0 aliphatic carbocycles. The standard InChI is InChI=1S/C16H24N2O2/c1-11(2)9-15(19)17-10-16(20)18-14-7-5-13(6-8-14)12(3)4/h5-8,11-12H,9-10H2,1-4H3,(H,17,19)(H,18,20). The van der Waals surface area contributed by atoms with Crippen LogP contribution in [0.4, 0.5) is 5.69 Å². The van der Waals surface area contributed by atoms with Gasteiger partial charge in [0.1, 0.15) is 0 Å². The molecule has 0 aromatic heterocycles. The van der Waals surface area contributed by atoms with E-state index in [1.807, 2.05) is 38.1 Å². The van der Waals surface area contributed by atoms with Crippen LogP contribution in [0.25, 0.3) is 0 Å². The van der Waals surface area contributed by atoms with Crippen LogP contribution in [0.5, 0.6) is 0 Å². The summed E-state index contributed by atoms with van der Waals surface area (Å²) in [5.74, 6) is 0.460. The first-order valence-corrected chi connectivity index (χ1v) is 7.05.